The number of anilines is 3. The van der Waals surface area contributed by atoms with E-state index < -0.39 is 0 Å². The molecule has 0 atom stereocenters. The predicted molar refractivity (Wildman–Crippen MR) is 153 cm³/mol. The van der Waals surface area contributed by atoms with Crippen LogP contribution in [0, 0.1) is 13.8 Å². The summed E-state index contributed by atoms with van der Waals surface area (Å²) in [5.74, 6) is 2.46. The third-order valence-electron chi connectivity index (χ3n) is 5.84. The predicted octanol–water partition coefficient (Wildman–Crippen LogP) is 5.51. The summed E-state index contributed by atoms with van der Waals surface area (Å²) < 4.78 is 0. The van der Waals surface area contributed by atoms with Gasteiger partial charge in [-0.05, 0) is 63.5 Å². The van der Waals surface area contributed by atoms with E-state index in [1.54, 1.807) is 6.33 Å². The van der Waals surface area contributed by atoms with Crippen molar-refractivity contribution in [3.63, 3.8) is 0 Å². The number of hydrogen-bond acceptors (Lipinski definition) is 5. The van der Waals surface area contributed by atoms with Crippen molar-refractivity contribution in [1.82, 2.24) is 19.9 Å². The van der Waals surface area contributed by atoms with Crippen LogP contribution in [0.3, 0.4) is 0 Å². The normalized spacial score (nSPS) is 13.3. The van der Waals surface area contributed by atoms with Crippen LogP contribution in [0.15, 0.2) is 72.1 Å². The van der Waals surface area contributed by atoms with Gasteiger partial charge in [-0.25, -0.2) is 15.0 Å². The van der Waals surface area contributed by atoms with Gasteiger partial charge in [-0.3, -0.25) is 0 Å². The molecular formula is C30H38N6. The third kappa shape index (κ3) is 7.04. The van der Waals surface area contributed by atoms with Gasteiger partial charge in [-0.1, -0.05) is 61.9 Å². The number of nitrogens with one attached hydrogen (secondary N) is 2. The lowest BCUT2D eigenvalue weighted by atomic mass is 10.0. The molecule has 0 saturated heterocycles. The molecule has 0 fully saturated rings. The van der Waals surface area contributed by atoms with Crippen molar-refractivity contribution in [3.8, 4) is 0 Å². The van der Waals surface area contributed by atoms with Gasteiger partial charge in [0.2, 0.25) is 0 Å². The molecule has 0 unspecified atom stereocenters. The summed E-state index contributed by atoms with van der Waals surface area (Å²) in [4.78, 5) is 19.2. The molecule has 188 valence electrons. The minimum atomic E-state index is 0.720. The molecule has 0 aliphatic carbocycles. The first-order valence-electron chi connectivity index (χ1n) is 12.4. The van der Waals surface area contributed by atoms with E-state index in [0.717, 1.165) is 69.9 Å². The fraction of sp³-hybridized carbons (Fsp3) is 0.300. The number of H-pyrrole nitrogens is 1. The average molecular weight is 483 g/mol. The minimum Gasteiger partial charge on any atom is -0.355 e. The molecule has 3 aromatic rings. The lowest BCUT2D eigenvalue weighted by molar-refractivity contribution is 0.911. The second-order valence-corrected chi connectivity index (χ2v) is 9.01. The van der Waals surface area contributed by atoms with Gasteiger partial charge in [-0.15, -0.1) is 0 Å². The van der Waals surface area contributed by atoms with Crippen LogP contribution >= 0.6 is 0 Å². The van der Waals surface area contributed by atoms with Gasteiger partial charge in [0.1, 0.15) is 17.5 Å². The zero-order chi connectivity index (χ0) is 26.1. The Morgan fingerprint density at radius 3 is 2.61 bits per heavy atom. The molecule has 2 heterocycles. The maximum atomic E-state index is 4.74. The summed E-state index contributed by atoms with van der Waals surface area (Å²) in [6.07, 6.45) is 12.4. The summed E-state index contributed by atoms with van der Waals surface area (Å²) in [5, 5.41) is 5.42. The highest BCUT2D eigenvalue weighted by Crippen LogP contribution is 2.26. The minimum absolute atomic E-state index is 0.720. The van der Waals surface area contributed by atoms with E-state index in [1.165, 1.54) is 5.57 Å². The van der Waals surface area contributed by atoms with Gasteiger partial charge >= 0.3 is 0 Å². The van der Waals surface area contributed by atoms with Crippen LogP contribution in [0.25, 0.3) is 12.2 Å². The number of hydrogen-bond donors (Lipinski definition) is 2. The van der Waals surface area contributed by atoms with E-state index in [4.69, 9.17) is 4.98 Å². The number of benzene rings is 1. The van der Waals surface area contributed by atoms with Crippen molar-refractivity contribution in [2.24, 2.45) is 0 Å². The zero-order valence-corrected chi connectivity index (χ0v) is 22.4. The van der Waals surface area contributed by atoms with Gasteiger partial charge in [-0.2, -0.15) is 0 Å². The Morgan fingerprint density at radius 2 is 1.92 bits per heavy atom. The number of allylic oxidation sites excluding steroid dienone is 4. The molecule has 6 heteroatoms. The van der Waals surface area contributed by atoms with Crippen LogP contribution in [0.5, 0.6) is 0 Å². The number of imidazole rings is 1. The van der Waals surface area contributed by atoms with Crippen LogP contribution < -0.4 is 20.9 Å². The van der Waals surface area contributed by atoms with Crippen molar-refractivity contribution in [2.75, 3.05) is 23.8 Å². The summed E-state index contributed by atoms with van der Waals surface area (Å²) in [6.45, 7) is 15.4. The quantitative estimate of drug-likeness (QED) is 0.373. The highest BCUT2D eigenvalue weighted by molar-refractivity contribution is 5.65. The van der Waals surface area contributed by atoms with E-state index in [-0.39, 0.29) is 0 Å². The second-order valence-electron chi connectivity index (χ2n) is 9.01. The summed E-state index contributed by atoms with van der Waals surface area (Å²) in [7, 11) is 2.06. The highest BCUT2D eigenvalue weighted by Gasteiger charge is 2.14. The van der Waals surface area contributed by atoms with Gasteiger partial charge in [0.25, 0.3) is 0 Å². The molecule has 0 bridgehead atoms. The van der Waals surface area contributed by atoms with Crippen LogP contribution in [0.2, 0.25) is 0 Å². The first-order chi connectivity index (χ1) is 17.3. The number of para-hydroxylation sites is 1. The maximum Gasteiger partial charge on any atom is 0.139 e. The van der Waals surface area contributed by atoms with Gasteiger partial charge in [0, 0.05) is 24.8 Å². The molecule has 0 amide bonds. The lowest BCUT2D eigenvalue weighted by Gasteiger charge is -2.23. The zero-order valence-electron chi connectivity index (χ0n) is 22.4. The molecule has 2 aromatic heterocycles. The Balaban J connectivity index is 1.79. The van der Waals surface area contributed by atoms with Crippen LogP contribution in [-0.2, 0) is 0 Å². The van der Waals surface area contributed by atoms with Gasteiger partial charge in [0.15, 0.2) is 0 Å². The van der Waals surface area contributed by atoms with E-state index in [1.807, 2.05) is 44.2 Å². The third-order valence-corrected chi connectivity index (χ3v) is 5.84. The maximum absolute atomic E-state index is 4.74. The van der Waals surface area contributed by atoms with E-state index in [2.05, 4.69) is 83.9 Å². The van der Waals surface area contributed by atoms with Gasteiger partial charge < -0.3 is 15.2 Å². The molecule has 1 aromatic carbocycles. The topological polar surface area (TPSA) is 69.7 Å². The van der Waals surface area contributed by atoms with Crippen molar-refractivity contribution in [1.29, 1.82) is 0 Å². The molecule has 0 aliphatic heterocycles. The number of aromatic amines is 1. The Morgan fingerprint density at radius 1 is 1.17 bits per heavy atom. The molecule has 0 aliphatic rings. The number of aromatic nitrogens is 4. The summed E-state index contributed by atoms with van der Waals surface area (Å²) in [6, 6.07) is 10.1. The molecule has 0 spiro atoms. The Hall–Kier alpha value is -3.93. The van der Waals surface area contributed by atoms with E-state index >= 15 is 0 Å². The second kappa shape index (κ2) is 12.7. The number of unbranched alkanes of at least 4 members (excludes halogenated alkanes) is 1. The van der Waals surface area contributed by atoms with Crippen LogP contribution in [0.1, 0.15) is 45.0 Å². The molecule has 36 heavy (non-hydrogen) atoms. The molecule has 6 nitrogen and oxygen atoms in total. The van der Waals surface area contributed by atoms with Crippen LogP contribution in [-0.4, -0.2) is 33.5 Å². The number of nitrogens with zero attached hydrogens (tertiary/aromatic N) is 4. The van der Waals surface area contributed by atoms with Gasteiger partial charge in [0.05, 0.1) is 17.0 Å². The number of likely N-dealkylation sites (N-methyl/N-ethyl adjacent to an activating group) is 1. The average Bonchev–Trinajstić information content (AvgIpc) is 3.30. The molecule has 0 radical (unpaired) electrons. The standard InChI is InChI=1S/C30H38N6/c1-8-10-16-27-28(32-20-31-27)18-25(9-2)22(4)17-21(3)19-36(7)30-23(5)29(33-24(6)34-30)35-26-14-12-11-13-15-26/h9,11-18,20H,4,8,10,19H2,1-3,5-7H3,(H,31,32)(H,33,34,35). The fourth-order valence-electron chi connectivity index (χ4n) is 4.03. The Labute approximate surface area is 214 Å². The smallest absolute Gasteiger partial charge is 0.139 e. The first-order valence-corrected chi connectivity index (χ1v) is 12.4. The Bertz CT molecular complexity index is 1360. The number of aryl methyl sites for hydroxylation is 1. The van der Waals surface area contributed by atoms with Crippen molar-refractivity contribution >= 4 is 29.5 Å². The SMILES string of the molecule is C=C(C=C(C)CN(C)c1nc(C)nc(Nc2ccccc2)c1C)C(=CC)C=c1[nH]cnc1=CCCC. The fourth-order valence-corrected chi connectivity index (χ4v) is 4.03. The summed E-state index contributed by atoms with van der Waals surface area (Å²) in [5.41, 5.74) is 5.22. The van der Waals surface area contributed by atoms with Crippen LogP contribution in [0.4, 0.5) is 17.3 Å². The first kappa shape index (κ1) is 26.7. The highest BCUT2D eigenvalue weighted by atomic mass is 15.2. The molecular weight excluding hydrogens is 444 g/mol. The van der Waals surface area contributed by atoms with Crippen molar-refractivity contribution < 1.29 is 0 Å². The summed E-state index contributed by atoms with van der Waals surface area (Å²) >= 11 is 0. The molecule has 3 rings (SSSR count). The number of rotatable bonds is 10. The molecule has 0 saturated carbocycles. The van der Waals surface area contributed by atoms with Crippen molar-refractivity contribution in [3.05, 3.63) is 94.2 Å². The largest absolute Gasteiger partial charge is 0.355 e. The lowest BCUT2D eigenvalue weighted by Crippen LogP contribution is -2.24. The molecule has 2 N–H and O–H groups in total. The van der Waals surface area contributed by atoms with Crippen molar-refractivity contribution in [2.45, 2.75) is 47.5 Å². The monoisotopic (exact) mass is 482 g/mol. The van der Waals surface area contributed by atoms with E-state index in [9.17, 15) is 0 Å². The Kier molecular flexibility index (Phi) is 9.39. The van der Waals surface area contributed by atoms with E-state index in [0.29, 0.717) is 0 Å².